The number of fused-ring (bicyclic) bond motifs is 1. The molecule has 1 aliphatic heterocycles. The Morgan fingerprint density at radius 2 is 1.83 bits per heavy atom. The topological polar surface area (TPSA) is 41.6 Å². The quantitative estimate of drug-likeness (QED) is 0.612. The number of hydrogen-bond acceptors (Lipinski definition) is 4. The van der Waals surface area contributed by atoms with Gasteiger partial charge in [-0.15, -0.1) is 11.8 Å². The van der Waals surface area contributed by atoms with Crippen molar-refractivity contribution >= 4 is 23.4 Å². The van der Waals surface area contributed by atoms with Crippen molar-refractivity contribution in [3.8, 4) is 5.75 Å². The van der Waals surface area contributed by atoms with Gasteiger partial charge in [-0.05, 0) is 56.1 Å². The number of rotatable bonds is 7. The van der Waals surface area contributed by atoms with E-state index in [1.165, 1.54) is 32.1 Å². The zero-order valence-corrected chi connectivity index (χ0v) is 17.9. The summed E-state index contributed by atoms with van der Waals surface area (Å²) in [5, 5.41) is 2.79. The maximum absolute atomic E-state index is 12.5. The van der Waals surface area contributed by atoms with Crippen molar-refractivity contribution in [3.63, 3.8) is 0 Å². The van der Waals surface area contributed by atoms with Crippen molar-refractivity contribution in [2.75, 3.05) is 25.5 Å². The normalized spacial score (nSPS) is 19.7. The smallest absolute Gasteiger partial charge is 0.242 e. The van der Waals surface area contributed by atoms with E-state index in [1.807, 2.05) is 48.5 Å². The van der Waals surface area contributed by atoms with Crippen LogP contribution < -0.4 is 10.1 Å². The van der Waals surface area contributed by atoms with Crippen molar-refractivity contribution in [2.24, 2.45) is 0 Å². The lowest BCUT2D eigenvalue weighted by Crippen LogP contribution is -2.34. The van der Waals surface area contributed by atoms with E-state index in [0.29, 0.717) is 0 Å². The van der Waals surface area contributed by atoms with Gasteiger partial charge in [0, 0.05) is 17.5 Å². The average molecular weight is 411 g/mol. The van der Waals surface area contributed by atoms with Gasteiger partial charge in [0.25, 0.3) is 0 Å². The van der Waals surface area contributed by atoms with Crippen LogP contribution in [0.3, 0.4) is 0 Å². The Morgan fingerprint density at radius 3 is 2.62 bits per heavy atom. The van der Waals surface area contributed by atoms with Crippen molar-refractivity contribution in [3.05, 3.63) is 54.1 Å². The first-order valence-corrected chi connectivity index (χ1v) is 11.6. The number of benzene rings is 2. The van der Waals surface area contributed by atoms with Crippen molar-refractivity contribution in [2.45, 2.75) is 54.7 Å². The van der Waals surface area contributed by atoms with E-state index in [9.17, 15) is 4.79 Å². The summed E-state index contributed by atoms with van der Waals surface area (Å²) in [6.07, 6.45) is 7.87. The number of nitrogens with one attached hydrogen (secondary N) is 1. The standard InChI is InChI=1S/C24H30N2O2S/c1-26(19-8-3-2-4-9-19)16-7-17-28-20-14-12-18(13-15-20)23-24(27)25-21-10-5-6-11-22(21)29-23/h5-6,10-15,19,23H,2-4,7-9,16-17H2,1H3,(H,25,27). The summed E-state index contributed by atoms with van der Waals surface area (Å²) in [6.45, 7) is 1.81. The summed E-state index contributed by atoms with van der Waals surface area (Å²) in [4.78, 5) is 16.1. The molecule has 0 spiro atoms. The number of nitrogens with zero attached hydrogens (tertiary/aromatic N) is 1. The molecule has 5 heteroatoms. The van der Waals surface area contributed by atoms with Crippen molar-refractivity contribution < 1.29 is 9.53 Å². The molecule has 1 unspecified atom stereocenters. The Balaban J connectivity index is 1.26. The Bertz CT molecular complexity index is 818. The molecule has 154 valence electrons. The Kier molecular flexibility index (Phi) is 6.78. The molecule has 2 aliphatic rings. The van der Waals surface area contributed by atoms with Crippen LogP contribution in [0.4, 0.5) is 5.69 Å². The highest BCUT2D eigenvalue weighted by atomic mass is 32.2. The molecule has 1 amide bonds. The summed E-state index contributed by atoms with van der Waals surface area (Å²) >= 11 is 1.60. The molecule has 0 bridgehead atoms. The molecule has 1 saturated carbocycles. The lowest BCUT2D eigenvalue weighted by Gasteiger charge is -2.31. The highest BCUT2D eigenvalue weighted by Crippen LogP contribution is 2.43. The number of para-hydroxylation sites is 1. The molecule has 1 N–H and O–H groups in total. The van der Waals surface area contributed by atoms with Gasteiger partial charge in [0.05, 0.1) is 12.3 Å². The molecule has 4 nitrogen and oxygen atoms in total. The van der Waals surface area contributed by atoms with Crippen LogP contribution in [-0.4, -0.2) is 37.0 Å². The first kappa shape index (κ1) is 20.3. The summed E-state index contributed by atoms with van der Waals surface area (Å²) in [5.74, 6) is 0.906. The van der Waals surface area contributed by atoms with Crippen LogP contribution in [0.25, 0.3) is 0 Å². The molecule has 1 fully saturated rings. The molecular weight excluding hydrogens is 380 g/mol. The molecular formula is C24H30N2O2S. The zero-order valence-electron chi connectivity index (χ0n) is 17.1. The highest BCUT2D eigenvalue weighted by Gasteiger charge is 2.28. The minimum Gasteiger partial charge on any atom is -0.494 e. The van der Waals surface area contributed by atoms with Crippen molar-refractivity contribution in [1.29, 1.82) is 0 Å². The van der Waals surface area contributed by atoms with E-state index >= 15 is 0 Å². The summed E-state index contributed by atoms with van der Waals surface area (Å²) in [7, 11) is 2.25. The maximum atomic E-state index is 12.5. The molecule has 1 atom stereocenters. The maximum Gasteiger partial charge on any atom is 0.242 e. The van der Waals surface area contributed by atoms with Crippen LogP contribution in [0.5, 0.6) is 5.75 Å². The van der Waals surface area contributed by atoms with E-state index in [0.717, 1.165) is 47.5 Å². The van der Waals surface area contributed by atoms with Gasteiger partial charge in [-0.3, -0.25) is 4.79 Å². The van der Waals surface area contributed by atoms with E-state index in [2.05, 4.69) is 17.3 Å². The molecule has 1 heterocycles. The number of carbonyl (C=O) groups excluding carboxylic acids is 1. The Labute approximate surface area is 178 Å². The lowest BCUT2D eigenvalue weighted by atomic mass is 9.94. The monoisotopic (exact) mass is 410 g/mol. The Morgan fingerprint density at radius 1 is 1.07 bits per heavy atom. The van der Waals surface area contributed by atoms with Gasteiger partial charge in [0.2, 0.25) is 5.91 Å². The van der Waals surface area contributed by atoms with Crippen LogP contribution in [0.2, 0.25) is 0 Å². The van der Waals surface area contributed by atoms with Crippen LogP contribution in [-0.2, 0) is 4.79 Å². The predicted molar refractivity (Wildman–Crippen MR) is 120 cm³/mol. The Hall–Kier alpha value is -1.98. The predicted octanol–water partition coefficient (Wildman–Crippen LogP) is 5.51. The SMILES string of the molecule is CN(CCCOc1ccc(C2Sc3ccccc3NC2=O)cc1)C1CCCCC1. The first-order valence-electron chi connectivity index (χ1n) is 10.7. The summed E-state index contributed by atoms with van der Waals surface area (Å²) in [5.41, 5.74) is 1.91. The van der Waals surface area contributed by atoms with E-state index in [-0.39, 0.29) is 11.2 Å². The van der Waals surface area contributed by atoms with Gasteiger partial charge in [0.1, 0.15) is 11.0 Å². The molecule has 29 heavy (non-hydrogen) atoms. The number of ether oxygens (including phenoxy) is 1. The highest BCUT2D eigenvalue weighted by molar-refractivity contribution is 8.00. The second-order valence-corrected chi connectivity index (χ2v) is 9.17. The van der Waals surface area contributed by atoms with Gasteiger partial charge in [-0.1, -0.05) is 43.5 Å². The van der Waals surface area contributed by atoms with Crippen LogP contribution >= 0.6 is 11.8 Å². The molecule has 0 aromatic heterocycles. The van der Waals surface area contributed by atoms with Crippen molar-refractivity contribution in [1.82, 2.24) is 4.90 Å². The van der Waals surface area contributed by atoms with Gasteiger partial charge >= 0.3 is 0 Å². The second-order valence-electron chi connectivity index (χ2n) is 8.03. The van der Waals surface area contributed by atoms with Crippen LogP contribution in [0.15, 0.2) is 53.4 Å². The third-order valence-electron chi connectivity index (χ3n) is 5.93. The minimum atomic E-state index is -0.219. The van der Waals surface area contributed by atoms with Crippen LogP contribution in [0.1, 0.15) is 49.3 Å². The molecule has 1 aliphatic carbocycles. The fraction of sp³-hybridized carbons (Fsp3) is 0.458. The molecule has 0 saturated heterocycles. The summed E-state index contributed by atoms with van der Waals surface area (Å²) in [6, 6.07) is 16.7. The number of anilines is 1. The minimum absolute atomic E-state index is 0.0353. The zero-order chi connectivity index (χ0) is 20.1. The first-order chi connectivity index (χ1) is 14.2. The fourth-order valence-corrected chi connectivity index (χ4v) is 5.33. The molecule has 0 radical (unpaired) electrons. The third-order valence-corrected chi connectivity index (χ3v) is 7.26. The van der Waals surface area contributed by atoms with E-state index in [1.54, 1.807) is 11.8 Å². The summed E-state index contributed by atoms with van der Waals surface area (Å²) < 4.78 is 5.94. The fourth-order valence-electron chi connectivity index (χ4n) is 4.22. The molecule has 4 rings (SSSR count). The van der Waals surface area contributed by atoms with E-state index in [4.69, 9.17) is 4.74 Å². The van der Waals surface area contributed by atoms with Gasteiger partial charge < -0.3 is 15.0 Å². The van der Waals surface area contributed by atoms with Gasteiger partial charge in [0.15, 0.2) is 0 Å². The lowest BCUT2D eigenvalue weighted by molar-refractivity contribution is -0.115. The third kappa shape index (κ3) is 5.14. The second kappa shape index (κ2) is 9.68. The van der Waals surface area contributed by atoms with Gasteiger partial charge in [-0.25, -0.2) is 0 Å². The largest absolute Gasteiger partial charge is 0.494 e. The number of carbonyl (C=O) groups is 1. The van der Waals surface area contributed by atoms with Crippen LogP contribution in [0, 0.1) is 0 Å². The molecule has 2 aromatic carbocycles. The average Bonchev–Trinajstić information content (AvgIpc) is 2.77. The number of thioether (sulfide) groups is 1. The molecule has 2 aromatic rings. The van der Waals surface area contributed by atoms with E-state index < -0.39 is 0 Å². The van der Waals surface area contributed by atoms with Gasteiger partial charge in [-0.2, -0.15) is 0 Å². The number of hydrogen-bond donors (Lipinski definition) is 1. The number of amides is 1.